The first-order valence-electron chi connectivity index (χ1n) is 9.11. The lowest BCUT2D eigenvalue weighted by atomic mass is 10.00. The summed E-state index contributed by atoms with van der Waals surface area (Å²) in [5, 5.41) is 2.17. The number of nitrogens with zero attached hydrogens (tertiary/aromatic N) is 1. The zero-order chi connectivity index (χ0) is 19.7. The Labute approximate surface area is 173 Å². The van der Waals surface area contributed by atoms with Crippen LogP contribution in [0.1, 0.15) is 35.6 Å². The van der Waals surface area contributed by atoms with Gasteiger partial charge in [-0.25, -0.2) is 9.78 Å². The Balaban J connectivity index is 1.77. The van der Waals surface area contributed by atoms with Gasteiger partial charge >= 0.3 is 5.97 Å². The number of aromatic nitrogens is 1. The highest BCUT2D eigenvalue weighted by Crippen LogP contribution is 2.44. The van der Waals surface area contributed by atoms with E-state index >= 15 is 0 Å². The number of pyridine rings is 1. The van der Waals surface area contributed by atoms with E-state index in [0.717, 1.165) is 29.5 Å². The molecule has 1 saturated carbocycles. The molecule has 2 aromatic carbocycles. The molecule has 0 radical (unpaired) electrons. The summed E-state index contributed by atoms with van der Waals surface area (Å²) < 4.78 is 10.3. The number of hydrogen-bond acceptors (Lipinski definition) is 4. The molecular weight excluding hydrogens is 397 g/mol. The monoisotopic (exact) mass is 415 g/mol. The lowest BCUT2D eigenvalue weighted by molar-refractivity contribution is -0.142. The van der Waals surface area contributed by atoms with Crippen LogP contribution < -0.4 is 4.74 Å². The molecule has 0 saturated heterocycles. The smallest absolute Gasteiger partial charge is 0.343 e. The van der Waals surface area contributed by atoms with Gasteiger partial charge in [0.15, 0.2) is 6.61 Å². The number of carbonyl (C=O) groups is 1. The second-order valence-corrected chi connectivity index (χ2v) is 7.75. The summed E-state index contributed by atoms with van der Waals surface area (Å²) in [7, 11) is 1.33. The molecule has 6 heteroatoms. The van der Waals surface area contributed by atoms with Crippen molar-refractivity contribution in [2.45, 2.75) is 25.2 Å². The standard InChI is InChI=1S/C22H19Cl2NO3/c1-27-21(26)12-28-20-9-8-18(24)17-11-16(14-4-5-14)19(25-22(17)20)10-13-2-6-15(23)7-3-13/h2-3,6-9,11,14H,4-5,10,12H2,1H3. The van der Waals surface area contributed by atoms with Crippen LogP contribution in [-0.4, -0.2) is 24.7 Å². The molecule has 1 aromatic heterocycles. The molecule has 1 heterocycles. The zero-order valence-electron chi connectivity index (χ0n) is 15.4. The fraction of sp³-hybridized carbons (Fsp3) is 0.273. The van der Waals surface area contributed by atoms with Gasteiger partial charge in [-0.2, -0.15) is 0 Å². The van der Waals surface area contributed by atoms with E-state index in [9.17, 15) is 4.79 Å². The van der Waals surface area contributed by atoms with Crippen molar-refractivity contribution in [2.75, 3.05) is 13.7 Å². The SMILES string of the molecule is COC(=O)COc1ccc(Cl)c2cc(C3CC3)c(Cc3ccc(Cl)cc3)nc12. The largest absolute Gasteiger partial charge is 0.480 e. The molecule has 144 valence electrons. The average molecular weight is 416 g/mol. The van der Waals surface area contributed by atoms with Crippen molar-refractivity contribution in [1.29, 1.82) is 0 Å². The van der Waals surface area contributed by atoms with Gasteiger partial charge in [-0.1, -0.05) is 35.3 Å². The molecule has 0 aliphatic heterocycles. The van der Waals surface area contributed by atoms with Crippen molar-refractivity contribution < 1.29 is 14.3 Å². The van der Waals surface area contributed by atoms with Crippen molar-refractivity contribution in [3.8, 4) is 5.75 Å². The van der Waals surface area contributed by atoms with E-state index in [-0.39, 0.29) is 6.61 Å². The minimum Gasteiger partial charge on any atom is -0.480 e. The topological polar surface area (TPSA) is 48.4 Å². The molecule has 1 aliphatic carbocycles. The number of carbonyl (C=O) groups excluding carboxylic acids is 1. The Morgan fingerprint density at radius 3 is 2.57 bits per heavy atom. The second-order valence-electron chi connectivity index (χ2n) is 6.91. The lowest BCUT2D eigenvalue weighted by Crippen LogP contribution is -2.13. The summed E-state index contributed by atoms with van der Waals surface area (Å²) in [6.07, 6.45) is 3.02. The quantitative estimate of drug-likeness (QED) is 0.494. The second kappa shape index (κ2) is 7.98. The maximum Gasteiger partial charge on any atom is 0.343 e. The van der Waals surface area contributed by atoms with Crippen LogP contribution in [0.3, 0.4) is 0 Å². The number of methoxy groups -OCH3 is 1. The van der Waals surface area contributed by atoms with Gasteiger partial charge in [0, 0.05) is 22.5 Å². The minimum absolute atomic E-state index is 0.175. The van der Waals surface area contributed by atoms with Crippen molar-refractivity contribution in [1.82, 2.24) is 4.98 Å². The van der Waals surface area contributed by atoms with E-state index < -0.39 is 5.97 Å². The van der Waals surface area contributed by atoms with Crippen LogP contribution in [0.15, 0.2) is 42.5 Å². The van der Waals surface area contributed by atoms with E-state index in [0.29, 0.717) is 33.7 Å². The summed E-state index contributed by atoms with van der Waals surface area (Å²) in [6.45, 7) is -0.175. The van der Waals surface area contributed by atoms with Gasteiger partial charge in [0.1, 0.15) is 11.3 Å². The Hall–Kier alpha value is -2.30. The summed E-state index contributed by atoms with van der Waals surface area (Å²) >= 11 is 12.5. The van der Waals surface area contributed by atoms with Gasteiger partial charge < -0.3 is 9.47 Å². The van der Waals surface area contributed by atoms with E-state index in [1.165, 1.54) is 12.7 Å². The van der Waals surface area contributed by atoms with Crippen LogP contribution in [0.2, 0.25) is 10.0 Å². The van der Waals surface area contributed by atoms with Crippen LogP contribution in [-0.2, 0) is 16.0 Å². The molecule has 1 aliphatic rings. The summed E-state index contributed by atoms with van der Waals surface area (Å²) in [4.78, 5) is 16.4. The fourth-order valence-corrected chi connectivity index (χ4v) is 3.58. The first kappa shape index (κ1) is 19.0. The third-order valence-corrected chi connectivity index (χ3v) is 5.46. The molecule has 4 nitrogen and oxygen atoms in total. The van der Waals surface area contributed by atoms with Gasteiger partial charge in [-0.05, 0) is 60.2 Å². The maximum atomic E-state index is 11.5. The Kier molecular flexibility index (Phi) is 5.42. The molecule has 1 fully saturated rings. The van der Waals surface area contributed by atoms with Crippen LogP contribution in [0, 0.1) is 0 Å². The molecule has 0 spiro atoms. The molecule has 0 N–H and O–H groups in total. The third-order valence-electron chi connectivity index (χ3n) is 4.88. The van der Waals surface area contributed by atoms with Crippen molar-refractivity contribution in [3.05, 3.63) is 69.3 Å². The lowest BCUT2D eigenvalue weighted by Gasteiger charge is -2.14. The normalized spacial score (nSPS) is 13.5. The predicted molar refractivity (Wildman–Crippen MR) is 110 cm³/mol. The first-order chi connectivity index (χ1) is 13.5. The van der Waals surface area contributed by atoms with E-state index in [1.54, 1.807) is 12.1 Å². The Bertz CT molecular complexity index is 1030. The van der Waals surface area contributed by atoms with Crippen molar-refractivity contribution in [2.24, 2.45) is 0 Å². The van der Waals surface area contributed by atoms with Crippen LogP contribution in [0.5, 0.6) is 5.75 Å². The number of rotatable bonds is 6. The summed E-state index contributed by atoms with van der Waals surface area (Å²) in [5.74, 6) is 0.596. The zero-order valence-corrected chi connectivity index (χ0v) is 16.9. The fourth-order valence-electron chi connectivity index (χ4n) is 3.25. The van der Waals surface area contributed by atoms with Gasteiger partial charge in [-0.15, -0.1) is 0 Å². The van der Waals surface area contributed by atoms with E-state index in [2.05, 4.69) is 10.8 Å². The third kappa shape index (κ3) is 4.08. The predicted octanol–water partition coefficient (Wildman–Crippen LogP) is 5.56. The maximum absolute atomic E-state index is 11.5. The highest BCUT2D eigenvalue weighted by Gasteiger charge is 2.28. The molecular formula is C22H19Cl2NO3. The molecule has 28 heavy (non-hydrogen) atoms. The van der Waals surface area contributed by atoms with Crippen molar-refractivity contribution >= 4 is 40.1 Å². The summed E-state index contributed by atoms with van der Waals surface area (Å²) in [5.41, 5.74) is 4.03. The number of fused-ring (bicyclic) bond motifs is 1. The molecule has 4 rings (SSSR count). The molecule has 0 bridgehead atoms. The number of halogens is 2. The number of esters is 1. The van der Waals surface area contributed by atoms with Crippen LogP contribution in [0.4, 0.5) is 0 Å². The minimum atomic E-state index is -0.445. The average Bonchev–Trinajstić information content (AvgIpc) is 3.54. The van der Waals surface area contributed by atoms with Crippen LogP contribution in [0.25, 0.3) is 10.9 Å². The molecule has 0 amide bonds. The van der Waals surface area contributed by atoms with Gasteiger partial charge in [0.05, 0.1) is 12.1 Å². The van der Waals surface area contributed by atoms with E-state index in [1.807, 2.05) is 24.3 Å². The van der Waals surface area contributed by atoms with Gasteiger partial charge in [-0.3, -0.25) is 0 Å². The highest BCUT2D eigenvalue weighted by molar-refractivity contribution is 6.35. The number of hydrogen-bond donors (Lipinski definition) is 0. The highest BCUT2D eigenvalue weighted by atomic mass is 35.5. The first-order valence-corrected chi connectivity index (χ1v) is 9.87. The van der Waals surface area contributed by atoms with Gasteiger partial charge in [0.2, 0.25) is 0 Å². The molecule has 0 atom stereocenters. The summed E-state index contributed by atoms with van der Waals surface area (Å²) in [6, 6.07) is 13.4. The number of ether oxygens (including phenoxy) is 2. The van der Waals surface area contributed by atoms with E-state index in [4.69, 9.17) is 32.9 Å². The molecule has 0 unspecified atom stereocenters. The molecule has 3 aromatic rings. The number of benzene rings is 2. The van der Waals surface area contributed by atoms with Crippen LogP contribution >= 0.6 is 23.2 Å². The Morgan fingerprint density at radius 1 is 1.14 bits per heavy atom. The van der Waals surface area contributed by atoms with Crippen molar-refractivity contribution in [3.63, 3.8) is 0 Å². The Morgan fingerprint density at radius 2 is 1.89 bits per heavy atom. The van der Waals surface area contributed by atoms with Gasteiger partial charge in [0.25, 0.3) is 0 Å².